The lowest BCUT2D eigenvalue weighted by atomic mass is 9.84. The Hall–Kier alpha value is -3.65. The Balaban J connectivity index is 2.15. The lowest BCUT2D eigenvalue weighted by Gasteiger charge is -2.26. The molecule has 0 N–H and O–H groups in total. The number of nitrogens with zero attached hydrogens (tertiary/aromatic N) is 2. The Morgan fingerprint density at radius 1 is 0.956 bits per heavy atom. The standard InChI is InChI=1S/C37H48F2N2O4/c1-10-45-33(43)20-28(30-18-29(17-25(6)35(30)38)34-23(4)12-11-13-24(34)5)19-32(42)31(16-22(2)3)41-21-27(14-15-40(8)9)26(7)36(39)37(41)44/h11-13,17-18,21-22,28,31H,10,14-16,19-20H2,1-9H3/t28-,31?/m0/s1. The van der Waals surface area contributed by atoms with Crippen LogP contribution in [0, 0.1) is 45.2 Å². The zero-order valence-electron chi connectivity index (χ0n) is 28.2. The Kier molecular flexibility index (Phi) is 12.4. The Morgan fingerprint density at radius 2 is 1.60 bits per heavy atom. The maximum atomic E-state index is 16.0. The number of hydrogen-bond donors (Lipinski definition) is 0. The van der Waals surface area contributed by atoms with Crippen molar-refractivity contribution in [3.8, 4) is 11.1 Å². The van der Waals surface area contributed by atoms with Crippen molar-refractivity contribution >= 4 is 11.8 Å². The minimum absolute atomic E-state index is 0.00437. The molecule has 0 bridgehead atoms. The van der Waals surface area contributed by atoms with Crippen molar-refractivity contribution in [1.29, 1.82) is 0 Å². The first-order chi connectivity index (χ1) is 21.2. The predicted octanol–water partition coefficient (Wildman–Crippen LogP) is 7.41. The average molecular weight is 623 g/mol. The van der Waals surface area contributed by atoms with Gasteiger partial charge in [0, 0.05) is 25.1 Å². The fourth-order valence-corrected chi connectivity index (χ4v) is 6.01. The van der Waals surface area contributed by atoms with Crippen LogP contribution < -0.4 is 5.56 Å². The van der Waals surface area contributed by atoms with Gasteiger partial charge in [-0.1, -0.05) is 32.0 Å². The number of hydrogen-bond acceptors (Lipinski definition) is 5. The van der Waals surface area contributed by atoms with Gasteiger partial charge in [0.15, 0.2) is 11.6 Å². The van der Waals surface area contributed by atoms with E-state index in [1.165, 1.54) is 4.57 Å². The van der Waals surface area contributed by atoms with Gasteiger partial charge in [0.05, 0.1) is 19.1 Å². The second-order valence-electron chi connectivity index (χ2n) is 12.8. The summed E-state index contributed by atoms with van der Waals surface area (Å²) in [6.45, 7) is 13.6. The topological polar surface area (TPSA) is 68.6 Å². The molecule has 0 saturated heterocycles. The quantitative estimate of drug-likeness (QED) is 0.175. The van der Waals surface area contributed by atoms with Gasteiger partial charge in [-0.05, 0) is 124 Å². The lowest BCUT2D eigenvalue weighted by Crippen LogP contribution is -2.34. The molecular weight excluding hydrogens is 574 g/mol. The molecule has 1 unspecified atom stereocenters. The number of pyridine rings is 1. The molecule has 0 radical (unpaired) electrons. The first kappa shape index (κ1) is 35.8. The van der Waals surface area contributed by atoms with E-state index in [-0.39, 0.29) is 48.7 Å². The molecule has 3 rings (SSSR count). The molecular formula is C37H48F2N2O4. The van der Waals surface area contributed by atoms with Gasteiger partial charge in [0.25, 0.3) is 5.56 Å². The molecule has 6 nitrogen and oxygen atoms in total. The number of Topliss-reactive ketones (excluding diaryl/α,β-unsaturated/α-hetero) is 1. The van der Waals surface area contributed by atoms with E-state index < -0.39 is 35.1 Å². The van der Waals surface area contributed by atoms with Crippen LogP contribution in [0.2, 0.25) is 0 Å². The maximum Gasteiger partial charge on any atom is 0.306 e. The Labute approximate surface area is 266 Å². The van der Waals surface area contributed by atoms with E-state index >= 15 is 8.78 Å². The highest BCUT2D eigenvalue weighted by atomic mass is 19.1. The highest BCUT2D eigenvalue weighted by molar-refractivity contribution is 5.84. The van der Waals surface area contributed by atoms with Crippen molar-refractivity contribution in [3.05, 3.63) is 91.9 Å². The summed E-state index contributed by atoms with van der Waals surface area (Å²) in [5.74, 6) is -3.13. The summed E-state index contributed by atoms with van der Waals surface area (Å²) < 4.78 is 37.7. The van der Waals surface area contributed by atoms with E-state index in [1.807, 2.05) is 64.9 Å². The van der Waals surface area contributed by atoms with Crippen molar-refractivity contribution in [1.82, 2.24) is 9.47 Å². The molecule has 0 fully saturated rings. The molecule has 0 aliphatic carbocycles. The predicted molar refractivity (Wildman–Crippen MR) is 176 cm³/mol. The van der Waals surface area contributed by atoms with E-state index in [9.17, 15) is 14.4 Å². The third kappa shape index (κ3) is 8.75. The molecule has 0 aliphatic heterocycles. The first-order valence-electron chi connectivity index (χ1n) is 15.8. The summed E-state index contributed by atoms with van der Waals surface area (Å²) in [5.41, 5.74) is 4.50. The molecule has 0 spiro atoms. The second kappa shape index (κ2) is 15.6. The van der Waals surface area contributed by atoms with E-state index in [0.29, 0.717) is 24.1 Å². The van der Waals surface area contributed by atoms with Crippen LogP contribution in [0.25, 0.3) is 11.1 Å². The van der Waals surface area contributed by atoms with Gasteiger partial charge in [-0.15, -0.1) is 0 Å². The maximum absolute atomic E-state index is 16.0. The number of rotatable bonds is 14. The van der Waals surface area contributed by atoms with Gasteiger partial charge in [-0.2, -0.15) is 0 Å². The molecule has 3 aromatic rings. The molecule has 0 saturated carbocycles. The van der Waals surface area contributed by atoms with E-state index in [1.54, 1.807) is 39.1 Å². The van der Waals surface area contributed by atoms with E-state index in [0.717, 1.165) is 22.3 Å². The van der Waals surface area contributed by atoms with Crippen molar-refractivity contribution in [2.45, 2.75) is 86.1 Å². The third-order valence-corrected chi connectivity index (χ3v) is 8.42. The van der Waals surface area contributed by atoms with Gasteiger partial charge >= 0.3 is 5.97 Å². The van der Waals surface area contributed by atoms with E-state index in [2.05, 4.69) is 0 Å². The zero-order chi connectivity index (χ0) is 33.6. The van der Waals surface area contributed by atoms with Crippen LogP contribution in [0.4, 0.5) is 8.78 Å². The number of ketones is 1. The molecule has 0 amide bonds. The van der Waals surface area contributed by atoms with Crippen molar-refractivity contribution in [2.75, 3.05) is 27.2 Å². The normalized spacial score (nSPS) is 12.9. The molecule has 8 heteroatoms. The van der Waals surface area contributed by atoms with Gasteiger partial charge < -0.3 is 14.2 Å². The largest absolute Gasteiger partial charge is 0.466 e. The summed E-state index contributed by atoms with van der Waals surface area (Å²) in [5, 5.41) is 0. The SMILES string of the molecule is CCOC(=O)C[C@H](CC(=O)C(CC(C)C)n1cc(CCN(C)C)c(C)c(F)c1=O)c1cc(-c2c(C)cccc2C)cc(C)c1F. The molecule has 2 atom stereocenters. The number of carbonyl (C=O) groups is 2. The van der Waals surface area contributed by atoms with Crippen LogP contribution in [0.5, 0.6) is 0 Å². The molecule has 45 heavy (non-hydrogen) atoms. The van der Waals surface area contributed by atoms with Crippen LogP contribution in [0.3, 0.4) is 0 Å². The fraction of sp³-hybridized carbons (Fsp3) is 0.486. The van der Waals surface area contributed by atoms with Gasteiger partial charge in [-0.25, -0.2) is 8.78 Å². The average Bonchev–Trinajstić information content (AvgIpc) is 2.95. The monoisotopic (exact) mass is 622 g/mol. The number of ether oxygens (including phenoxy) is 1. The number of halogens is 2. The number of benzene rings is 2. The number of aromatic nitrogens is 1. The number of carbonyl (C=O) groups excluding carboxylic acids is 2. The minimum Gasteiger partial charge on any atom is -0.466 e. The highest BCUT2D eigenvalue weighted by Crippen LogP contribution is 2.36. The molecule has 0 aliphatic rings. The minimum atomic E-state index is -0.985. The van der Waals surface area contributed by atoms with Crippen LogP contribution in [0.15, 0.2) is 41.3 Å². The summed E-state index contributed by atoms with van der Waals surface area (Å²) in [6.07, 6.45) is 1.94. The summed E-state index contributed by atoms with van der Waals surface area (Å²) in [4.78, 5) is 42.3. The van der Waals surface area contributed by atoms with E-state index in [4.69, 9.17) is 4.74 Å². The van der Waals surface area contributed by atoms with Crippen LogP contribution in [-0.4, -0.2) is 48.5 Å². The zero-order valence-corrected chi connectivity index (χ0v) is 28.2. The number of esters is 1. The second-order valence-corrected chi connectivity index (χ2v) is 12.8. The fourth-order valence-electron chi connectivity index (χ4n) is 6.01. The van der Waals surface area contributed by atoms with Crippen LogP contribution >= 0.6 is 0 Å². The smallest absolute Gasteiger partial charge is 0.306 e. The Bertz CT molecular complexity index is 1570. The van der Waals surface area contributed by atoms with Crippen LogP contribution in [-0.2, 0) is 20.7 Å². The van der Waals surface area contributed by atoms with Crippen molar-refractivity contribution < 1.29 is 23.1 Å². The number of aryl methyl sites for hydroxylation is 3. The van der Waals surface area contributed by atoms with Crippen LogP contribution in [0.1, 0.15) is 85.4 Å². The number of likely N-dealkylation sites (N-methyl/N-ethyl adjacent to an activating group) is 1. The molecule has 2 aromatic carbocycles. The van der Waals surface area contributed by atoms with Crippen molar-refractivity contribution in [3.63, 3.8) is 0 Å². The van der Waals surface area contributed by atoms with Gasteiger partial charge in [0.1, 0.15) is 5.82 Å². The highest BCUT2D eigenvalue weighted by Gasteiger charge is 2.31. The molecule has 1 heterocycles. The first-order valence-corrected chi connectivity index (χ1v) is 15.8. The van der Waals surface area contributed by atoms with Gasteiger partial charge in [-0.3, -0.25) is 14.4 Å². The summed E-state index contributed by atoms with van der Waals surface area (Å²) >= 11 is 0. The molecule has 1 aromatic heterocycles. The van der Waals surface area contributed by atoms with Gasteiger partial charge in [0.2, 0.25) is 0 Å². The Morgan fingerprint density at radius 3 is 2.18 bits per heavy atom. The summed E-state index contributed by atoms with van der Waals surface area (Å²) in [6, 6.07) is 8.46. The summed E-state index contributed by atoms with van der Waals surface area (Å²) in [7, 11) is 3.82. The molecule has 244 valence electrons. The van der Waals surface area contributed by atoms with Crippen molar-refractivity contribution in [2.24, 2.45) is 5.92 Å². The lowest BCUT2D eigenvalue weighted by molar-refractivity contribution is -0.143. The third-order valence-electron chi connectivity index (χ3n) is 8.42.